The van der Waals surface area contributed by atoms with E-state index < -0.39 is 0 Å². The van der Waals surface area contributed by atoms with Crippen LogP contribution in [-0.4, -0.2) is 30.4 Å². The standard InChI is InChI=1S/C9H17NO2S/c1-7-6-8(2-4-12-7)10-9(11)3-5-13/h7-8,13H,2-6H2,1H3,(H,10,11). The largest absolute Gasteiger partial charge is 0.378 e. The van der Waals surface area contributed by atoms with Crippen LogP contribution in [-0.2, 0) is 9.53 Å². The minimum Gasteiger partial charge on any atom is -0.378 e. The molecule has 1 saturated heterocycles. The zero-order valence-electron chi connectivity index (χ0n) is 7.95. The van der Waals surface area contributed by atoms with Gasteiger partial charge in [-0.3, -0.25) is 4.79 Å². The van der Waals surface area contributed by atoms with Crippen molar-refractivity contribution in [1.29, 1.82) is 0 Å². The first-order chi connectivity index (χ1) is 6.22. The maximum Gasteiger partial charge on any atom is 0.221 e. The average Bonchev–Trinajstić information content (AvgIpc) is 2.04. The summed E-state index contributed by atoms with van der Waals surface area (Å²) in [6.45, 7) is 2.80. The van der Waals surface area contributed by atoms with Crippen molar-refractivity contribution in [3.8, 4) is 0 Å². The summed E-state index contributed by atoms with van der Waals surface area (Å²) in [5.41, 5.74) is 0. The minimum atomic E-state index is 0.106. The molecule has 1 fully saturated rings. The van der Waals surface area contributed by atoms with Gasteiger partial charge in [0, 0.05) is 19.1 Å². The van der Waals surface area contributed by atoms with Gasteiger partial charge in [0.2, 0.25) is 5.91 Å². The lowest BCUT2D eigenvalue weighted by Crippen LogP contribution is -2.41. The van der Waals surface area contributed by atoms with E-state index in [0.717, 1.165) is 19.4 Å². The van der Waals surface area contributed by atoms with Gasteiger partial charge in [-0.05, 0) is 25.5 Å². The number of hydrogen-bond donors (Lipinski definition) is 2. The first kappa shape index (κ1) is 10.9. The summed E-state index contributed by atoms with van der Waals surface area (Å²) in [7, 11) is 0. The topological polar surface area (TPSA) is 38.3 Å². The van der Waals surface area contributed by atoms with Gasteiger partial charge >= 0.3 is 0 Å². The van der Waals surface area contributed by atoms with E-state index in [1.807, 2.05) is 6.92 Å². The molecule has 0 bridgehead atoms. The van der Waals surface area contributed by atoms with E-state index >= 15 is 0 Å². The van der Waals surface area contributed by atoms with Crippen LogP contribution in [0.3, 0.4) is 0 Å². The van der Waals surface area contributed by atoms with Gasteiger partial charge in [0.1, 0.15) is 0 Å². The summed E-state index contributed by atoms with van der Waals surface area (Å²) in [4.78, 5) is 11.2. The molecule has 13 heavy (non-hydrogen) atoms. The van der Waals surface area contributed by atoms with Gasteiger partial charge in [-0.25, -0.2) is 0 Å². The van der Waals surface area contributed by atoms with Crippen molar-refractivity contribution in [3.63, 3.8) is 0 Å². The van der Waals surface area contributed by atoms with Crippen LogP contribution in [0.4, 0.5) is 0 Å². The third-order valence-corrected chi connectivity index (χ3v) is 2.41. The van der Waals surface area contributed by atoms with Crippen LogP contribution in [0.5, 0.6) is 0 Å². The van der Waals surface area contributed by atoms with E-state index in [1.165, 1.54) is 0 Å². The molecule has 1 aliphatic rings. The van der Waals surface area contributed by atoms with E-state index in [4.69, 9.17) is 4.74 Å². The van der Waals surface area contributed by atoms with E-state index in [-0.39, 0.29) is 12.0 Å². The molecule has 2 atom stereocenters. The van der Waals surface area contributed by atoms with Crippen LogP contribution >= 0.6 is 12.6 Å². The number of nitrogens with one attached hydrogen (secondary N) is 1. The molecule has 2 unspecified atom stereocenters. The highest BCUT2D eigenvalue weighted by molar-refractivity contribution is 7.80. The van der Waals surface area contributed by atoms with Gasteiger partial charge in [-0.2, -0.15) is 12.6 Å². The Bertz CT molecular complexity index is 175. The number of carbonyl (C=O) groups excluding carboxylic acids is 1. The lowest BCUT2D eigenvalue weighted by molar-refractivity contribution is -0.122. The summed E-state index contributed by atoms with van der Waals surface area (Å²) in [5, 5.41) is 2.98. The minimum absolute atomic E-state index is 0.106. The Morgan fingerprint density at radius 3 is 3.08 bits per heavy atom. The molecule has 3 nitrogen and oxygen atoms in total. The molecule has 1 heterocycles. The normalized spacial score (nSPS) is 28.5. The molecule has 1 N–H and O–H groups in total. The summed E-state index contributed by atoms with van der Waals surface area (Å²) in [5.74, 6) is 0.721. The molecule has 76 valence electrons. The number of amides is 1. The van der Waals surface area contributed by atoms with Gasteiger partial charge in [0.05, 0.1) is 6.10 Å². The quantitative estimate of drug-likeness (QED) is 0.671. The van der Waals surface area contributed by atoms with Gasteiger partial charge < -0.3 is 10.1 Å². The zero-order chi connectivity index (χ0) is 9.68. The Morgan fingerprint density at radius 1 is 1.69 bits per heavy atom. The van der Waals surface area contributed by atoms with Gasteiger partial charge in [0.25, 0.3) is 0 Å². The van der Waals surface area contributed by atoms with E-state index in [0.29, 0.717) is 18.2 Å². The van der Waals surface area contributed by atoms with Crippen LogP contribution in [0, 0.1) is 0 Å². The molecule has 0 aliphatic carbocycles. The number of thiol groups is 1. The van der Waals surface area contributed by atoms with Gasteiger partial charge in [-0.1, -0.05) is 0 Å². The first-order valence-corrected chi connectivity index (χ1v) is 5.37. The van der Waals surface area contributed by atoms with Crippen LogP contribution in [0.2, 0.25) is 0 Å². The molecule has 4 heteroatoms. The molecular formula is C9H17NO2S. The lowest BCUT2D eigenvalue weighted by atomic mass is 10.0. The van der Waals surface area contributed by atoms with Crippen molar-refractivity contribution < 1.29 is 9.53 Å². The van der Waals surface area contributed by atoms with Crippen molar-refractivity contribution in [2.24, 2.45) is 0 Å². The molecule has 0 spiro atoms. The average molecular weight is 203 g/mol. The second-order valence-electron chi connectivity index (χ2n) is 3.44. The number of carbonyl (C=O) groups is 1. The van der Waals surface area contributed by atoms with Crippen molar-refractivity contribution in [2.45, 2.75) is 38.3 Å². The second kappa shape index (κ2) is 5.50. The molecule has 0 aromatic rings. The summed E-state index contributed by atoms with van der Waals surface area (Å²) >= 11 is 4.01. The first-order valence-electron chi connectivity index (χ1n) is 4.74. The fraction of sp³-hybridized carbons (Fsp3) is 0.889. The van der Waals surface area contributed by atoms with Crippen LogP contribution in [0.15, 0.2) is 0 Å². The maximum atomic E-state index is 11.2. The van der Waals surface area contributed by atoms with Crippen LogP contribution < -0.4 is 5.32 Å². The highest BCUT2D eigenvalue weighted by Crippen LogP contribution is 2.13. The molecular weight excluding hydrogens is 186 g/mol. The highest BCUT2D eigenvalue weighted by atomic mass is 32.1. The third kappa shape index (κ3) is 4.00. The Hall–Kier alpha value is -0.220. The van der Waals surface area contributed by atoms with Crippen LogP contribution in [0.25, 0.3) is 0 Å². The molecule has 0 radical (unpaired) electrons. The fourth-order valence-electron chi connectivity index (χ4n) is 1.53. The summed E-state index contributed by atoms with van der Waals surface area (Å²) < 4.78 is 5.38. The Morgan fingerprint density at radius 2 is 2.46 bits per heavy atom. The monoisotopic (exact) mass is 203 g/mol. The molecule has 0 saturated carbocycles. The van der Waals surface area contributed by atoms with Gasteiger partial charge in [-0.15, -0.1) is 0 Å². The third-order valence-electron chi connectivity index (χ3n) is 2.19. The number of hydrogen-bond acceptors (Lipinski definition) is 3. The Kier molecular flexibility index (Phi) is 4.59. The maximum absolute atomic E-state index is 11.2. The Labute approximate surface area is 84.6 Å². The number of ether oxygens (including phenoxy) is 1. The second-order valence-corrected chi connectivity index (χ2v) is 3.89. The molecule has 1 rings (SSSR count). The molecule has 1 aliphatic heterocycles. The van der Waals surface area contributed by atoms with Crippen molar-refractivity contribution in [3.05, 3.63) is 0 Å². The van der Waals surface area contributed by atoms with Gasteiger partial charge in [0.15, 0.2) is 0 Å². The molecule has 0 aromatic carbocycles. The summed E-state index contributed by atoms with van der Waals surface area (Å²) in [6.07, 6.45) is 2.64. The SMILES string of the molecule is CC1CC(NC(=O)CCS)CCO1. The van der Waals surface area contributed by atoms with E-state index in [1.54, 1.807) is 0 Å². The zero-order valence-corrected chi connectivity index (χ0v) is 8.85. The lowest BCUT2D eigenvalue weighted by Gasteiger charge is -2.27. The Balaban J connectivity index is 2.23. The van der Waals surface area contributed by atoms with E-state index in [9.17, 15) is 4.79 Å². The predicted octanol–water partition coefficient (Wildman–Crippen LogP) is 0.990. The van der Waals surface area contributed by atoms with Crippen LogP contribution in [0.1, 0.15) is 26.2 Å². The smallest absolute Gasteiger partial charge is 0.221 e. The van der Waals surface area contributed by atoms with Crippen molar-refractivity contribution in [1.82, 2.24) is 5.32 Å². The van der Waals surface area contributed by atoms with E-state index in [2.05, 4.69) is 17.9 Å². The fourth-order valence-corrected chi connectivity index (χ4v) is 1.73. The molecule has 0 aromatic heterocycles. The predicted molar refractivity (Wildman–Crippen MR) is 55.0 cm³/mol. The van der Waals surface area contributed by atoms with Crippen molar-refractivity contribution in [2.75, 3.05) is 12.4 Å². The molecule has 1 amide bonds. The number of rotatable bonds is 3. The summed E-state index contributed by atoms with van der Waals surface area (Å²) in [6, 6.07) is 0.302. The highest BCUT2D eigenvalue weighted by Gasteiger charge is 2.20. The van der Waals surface area contributed by atoms with Crippen molar-refractivity contribution >= 4 is 18.5 Å².